The highest BCUT2D eigenvalue weighted by molar-refractivity contribution is 9.10. The minimum absolute atomic E-state index is 0.00948. The quantitative estimate of drug-likeness (QED) is 0.908. The Hall–Kier alpha value is -1.36. The summed E-state index contributed by atoms with van der Waals surface area (Å²) in [6.07, 6.45) is 0. The lowest BCUT2D eigenvalue weighted by molar-refractivity contribution is -0.142. The zero-order valence-electron chi connectivity index (χ0n) is 12.5. The van der Waals surface area contributed by atoms with Crippen molar-refractivity contribution in [3.63, 3.8) is 0 Å². The minimum atomic E-state index is -0.821. The Balaban J connectivity index is 2.21. The molecule has 1 aromatic rings. The van der Waals surface area contributed by atoms with E-state index in [2.05, 4.69) is 15.9 Å². The lowest BCUT2D eigenvalue weighted by atomic mass is 9.83. The molecule has 1 aliphatic heterocycles. The highest BCUT2D eigenvalue weighted by Gasteiger charge is 2.42. The molecule has 0 aromatic heterocycles. The first-order chi connectivity index (χ1) is 9.73. The first-order valence-corrected chi connectivity index (χ1v) is 7.81. The molecule has 0 radical (unpaired) electrons. The molecule has 2 atom stereocenters. The van der Waals surface area contributed by atoms with Crippen molar-refractivity contribution in [1.29, 1.82) is 0 Å². The van der Waals surface area contributed by atoms with Crippen LogP contribution in [0, 0.1) is 11.8 Å². The molecule has 1 aromatic carbocycles. The number of likely N-dealkylation sites (tertiary alicyclic amines) is 1. The number of carboxylic acids is 1. The van der Waals surface area contributed by atoms with Gasteiger partial charge >= 0.3 is 5.97 Å². The first-order valence-electron chi connectivity index (χ1n) is 7.01. The Kier molecular flexibility index (Phi) is 4.42. The number of hydrogen-bond acceptors (Lipinski definition) is 2. The fraction of sp³-hybridized carbons (Fsp3) is 0.500. The molecule has 2 rings (SSSR count). The molecule has 1 N–H and O–H groups in total. The molecule has 0 saturated carbocycles. The van der Waals surface area contributed by atoms with E-state index in [0.29, 0.717) is 13.1 Å². The third-order valence-electron chi connectivity index (χ3n) is 4.30. The summed E-state index contributed by atoms with van der Waals surface area (Å²) in [6.45, 7) is 6.46. The number of rotatable bonds is 3. The van der Waals surface area contributed by atoms with Crippen molar-refractivity contribution in [2.24, 2.45) is 11.8 Å². The van der Waals surface area contributed by atoms with Crippen LogP contribution in [0.1, 0.15) is 26.3 Å². The van der Waals surface area contributed by atoms with Gasteiger partial charge < -0.3 is 10.0 Å². The predicted molar refractivity (Wildman–Crippen MR) is 84.0 cm³/mol. The zero-order chi connectivity index (χ0) is 15.8. The van der Waals surface area contributed by atoms with Gasteiger partial charge in [0.15, 0.2) is 0 Å². The summed E-state index contributed by atoms with van der Waals surface area (Å²) < 4.78 is 0.930. The molecule has 1 aliphatic rings. The fourth-order valence-electron chi connectivity index (χ4n) is 2.85. The van der Waals surface area contributed by atoms with Crippen LogP contribution in [-0.4, -0.2) is 35.0 Å². The maximum atomic E-state index is 12.8. The number of carboxylic acid groups (broad SMARTS) is 1. The molecule has 4 nitrogen and oxygen atoms in total. The van der Waals surface area contributed by atoms with E-state index in [4.69, 9.17) is 0 Å². The molecular formula is C16H20BrNO3. The van der Waals surface area contributed by atoms with E-state index in [9.17, 15) is 14.7 Å². The number of amides is 1. The van der Waals surface area contributed by atoms with Crippen LogP contribution in [0.2, 0.25) is 0 Å². The molecule has 5 heteroatoms. The normalized spacial score (nSPS) is 22.4. The van der Waals surface area contributed by atoms with Gasteiger partial charge in [0.05, 0.1) is 11.3 Å². The molecule has 1 heterocycles. The van der Waals surface area contributed by atoms with E-state index in [1.807, 2.05) is 45.0 Å². The number of carbonyl (C=O) groups is 2. The number of aliphatic carboxylic acids is 1. The number of benzene rings is 1. The summed E-state index contributed by atoms with van der Waals surface area (Å²) >= 11 is 3.42. The van der Waals surface area contributed by atoms with Gasteiger partial charge in [0.1, 0.15) is 0 Å². The minimum Gasteiger partial charge on any atom is -0.481 e. The Labute approximate surface area is 133 Å². The molecule has 0 bridgehead atoms. The number of carbonyl (C=O) groups excluding carboxylic acids is 1. The van der Waals surface area contributed by atoms with E-state index in [1.54, 1.807) is 4.90 Å². The Bertz CT molecular complexity index is 570. The molecule has 1 fully saturated rings. The van der Waals surface area contributed by atoms with Crippen LogP contribution in [0.3, 0.4) is 0 Å². The molecule has 1 amide bonds. The summed E-state index contributed by atoms with van der Waals surface area (Å²) in [6, 6.07) is 7.69. The van der Waals surface area contributed by atoms with Gasteiger partial charge in [0.2, 0.25) is 5.91 Å². The zero-order valence-corrected chi connectivity index (χ0v) is 14.1. The number of halogens is 1. The highest BCUT2D eigenvalue weighted by atomic mass is 79.9. The molecule has 1 saturated heterocycles. The van der Waals surface area contributed by atoms with E-state index < -0.39 is 17.3 Å². The van der Waals surface area contributed by atoms with Gasteiger partial charge in [-0.25, -0.2) is 0 Å². The van der Waals surface area contributed by atoms with Crippen molar-refractivity contribution in [1.82, 2.24) is 4.90 Å². The Morgan fingerprint density at radius 1 is 1.33 bits per heavy atom. The van der Waals surface area contributed by atoms with Gasteiger partial charge in [0, 0.05) is 17.6 Å². The predicted octanol–water partition coefficient (Wildman–Crippen LogP) is 2.91. The maximum absolute atomic E-state index is 12.8. The van der Waals surface area contributed by atoms with Gasteiger partial charge in [-0.1, -0.05) is 35.0 Å². The van der Waals surface area contributed by atoms with Crippen LogP contribution in [0.25, 0.3) is 0 Å². The van der Waals surface area contributed by atoms with Crippen LogP contribution in [0.5, 0.6) is 0 Å². The highest BCUT2D eigenvalue weighted by Crippen LogP contribution is 2.32. The monoisotopic (exact) mass is 353 g/mol. The second-order valence-corrected chi connectivity index (χ2v) is 7.18. The average Bonchev–Trinajstić information content (AvgIpc) is 2.80. The molecular weight excluding hydrogens is 334 g/mol. The van der Waals surface area contributed by atoms with Crippen molar-refractivity contribution in [3.05, 3.63) is 34.3 Å². The summed E-state index contributed by atoms with van der Waals surface area (Å²) in [5.74, 6) is -1.31. The fourth-order valence-corrected chi connectivity index (χ4v) is 3.25. The van der Waals surface area contributed by atoms with Crippen LogP contribution < -0.4 is 0 Å². The summed E-state index contributed by atoms with van der Waals surface area (Å²) in [7, 11) is 0. The van der Waals surface area contributed by atoms with Crippen molar-refractivity contribution < 1.29 is 14.7 Å². The summed E-state index contributed by atoms with van der Waals surface area (Å²) in [5.41, 5.74) is 0.255. The average molecular weight is 354 g/mol. The van der Waals surface area contributed by atoms with Crippen LogP contribution in [0.4, 0.5) is 0 Å². The lowest BCUT2D eigenvalue weighted by Crippen LogP contribution is -2.42. The standard InChI is InChI=1S/C16H20BrNO3/c1-10-8-18(9-13(10)14(19)20)15(21)16(2,3)11-5-4-6-12(17)7-11/h4-7,10,13H,8-9H2,1-3H3,(H,19,20)/t10-,13-/m1/s1. The van der Waals surface area contributed by atoms with Gasteiger partial charge in [-0.05, 0) is 37.5 Å². The largest absolute Gasteiger partial charge is 0.481 e. The second-order valence-electron chi connectivity index (χ2n) is 6.27. The molecule has 21 heavy (non-hydrogen) atoms. The van der Waals surface area contributed by atoms with Crippen molar-refractivity contribution >= 4 is 27.8 Å². The Morgan fingerprint density at radius 2 is 2.00 bits per heavy atom. The van der Waals surface area contributed by atoms with Gasteiger partial charge in [-0.15, -0.1) is 0 Å². The smallest absolute Gasteiger partial charge is 0.308 e. The molecule has 0 unspecified atom stereocenters. The van der Waals surface area contributed by atoms with Gasteiger partial charge in [-0.2, -0.15) is 0 Å². The van der Waals surface area contributed by atoms with Crippen LogP contribution in [-0.2, 0) is 15.0 Å². The van der Waals surface area contributed by atoms with Crippen LogP contribution >= 0.6 is 15.9 Å². The van der Waals surface area contributed by atoms with Crippen molar-refractivity contribution in [2.45, 2.75) is 26.2 Å². The van der Waals surface area contributed by atoms with E-state index in [-0.39, 0.29) is 11.8 Å². The molecule has 114 valence electrons. The van der Waals surface area contributed by atoms with Crippen molar-refractivity contribution in [2.75, 3.05) is 13.1 Å². The first kappa shape index (κ1) is 16.0. The summed E-state index contributed by atoms with van der Waals surface area (Å²) in [5, 5.41) is 9.20. The summed E-state index contributed by atoms with van der Waals surface area (Å²) in [4.78, 5) is 25.7. The van der Waals surface area contributed by atoms with E-state index in [0.717, 1.165) is 10.0 Å². The van der Waals surface area contributed by atoms with Crippen molar-refractivity contribution in [3.8, 4) is 0 Å². The topological polar surface area (TPSA) is 57.6 Å². The molecule has 0 spiro atoms. The SMILES string of the molecule is C[C@@H]1CN(C(=O)C(C)(C)c2cccc(Br)c2)C[C@H]1C(=O)O. The third kappa shape index (κ3) is 3.12. The van der Waals surface area contributed by atoms with E-state index >= 15 is 0 Å². The maximum Gasteiger partial charge on any atom is 0.308 e. The second kappa shape index (κ2) is 5.79. The molecule has 0 aliphatic carbocycles. The van der Waals surface area contributed by atoms with Gasteiger partial charge in [-0.3, -0.25) is 9.59 Å². The van der Waals surface area contributed by atoms with Crippen LogP contribution in [0.15, 0.2) is 28.7 Å². The lowest BCUT2D eigenvalue weighted by Gasteiger charge is -2.30. The number of nitrogens with zero attached hydrogens (tertiary/aromatic N) is 1. The van der Waals surface area contributed by atoms with E-state index in [1.165, 1.54) is 0 Å². The number of hydrogen-bond donors (Lipinski definition) is 1. The Morgan fingerprint density at radius 3 is 2.52 bits per heavy atom. The third-order valence-corrected chi connectivity index (χ3v) is 4.79. The van der Waals surface area contributed by atoms with Gasteiger partial charge in [0.25, 0.3) is 0 Å².